The van der Waals surface area contributed by atoms with Gasteiger partial charge in [-0.1, -0.05) is 42.5 Å². The SMILES string of the molecule is CC(=O)NC(CCCN=C(N)N)C(=O)NC(Cc1cnc[nH]1)C(=O)NC(Cc1ccc(O)cc1)C(=O)N1CCCC1C(=O)NC(Cc1ccc(O)cc1)C(=O)NC(Cc1c[nH]c2ccccc12)C(=O)NC(CCCN=C(N)N)C(=O)O. The number of aliphatic carboxylic acids is 1. The first-order chi connectivity index (χ1) is 38.7. The summed E-state index contributed by atoms with van der Waals surface area (Å²) in [6.07, 6.45) is 4.87. The number of guanidine groups is 2. The Bertz CT molecular complexity index is 3030. The number of rotatable bonds is 29. The molecule has 0 radical (unpaired) electrons. The number of benzene rings is 3. The third-order valence-corrected chi connectivity index (χ3v) is 13.4. The summed E-state index contributed by atoms with van der Waals surface area (Å²) in [5, 5.41) is 47.2. The maximum absolute atomic E-state index is 15.0. The van der Waals surface area contributed by atoms with Gasteiger partial charge in [0, 0.05) is 81.2 Å². The van der Waals surface area contributed by atoms with Gasteiger partial charge in [0.15, 0.2) is 11.9 Å². The molecular formula is C54H70N16O11. The van der Waals surface area contributed by atoms with Crippen molar-refractivity contribution in [3.05, 3.63) is 114 Å². The number of hydrogen-bond acceptors (Lipinski definition) is 13. The summed E-state index contributed by atoms with van der Waals surface area (Å²) in [5.41, 5.74) is 24.5. The van der Waals surface area contributed by atoms with Crippen LogP contribution in [0, 0.1) is 0 Å². The summed E-state index contributed by atoms with van der Waals surface area (Å²) in [5.74, 6) is -7.01. The molecule has 1 fully saturated rings. The Labute approximate surface area is 465 Å². The predicted octanol–water partition coefficient (Wildman–Crippen LogP) is -1.32. The number of carboxylic acids is 1. The summed E-state index contributed by atoms with van der Waals surface area (Å²) < 4.78 is 0. The summed E-state index contributed by atoms with van der Waals surface area (Å²) in [7, 11) is 0. The van der Waals surface area contributed by atoms with E-state index in [-0.39, 0.29) is 101 Å². The number of amides is 7. The molecule has 0 saturated carbocycles. The van der Waals surface area contributed by atoms with Gasteiger partial charge in [0.1, 0.15) is 53.8 Å². The van der Waals surface area contributed by atoms with Crippen LogP contribution in [0.25, 0.3) is 10.9 Å². The number of para-hydroxylation sites is 1. The lowest BCUT2D eigenvalue weighted by molar-refractivity contribution is -0.143. The number of aromatic amines is 2. The molecule has 19 N–H and O–H groups in total. The lowest BCUT2D eigenvalue weighted by atomic mass is 10.0. The van der Waals surface area contributed by atoms with Crippen molar-refractivity contribution in [2.24, 2.45) is 32.9 Å². The first kappa shape index (κ1) is 60.5. The molecule has 1 aliphatic heterocycles. The average molecular weight is 1120 g/mol. The Morgan fingerprint density at radius 3 is 1.72 bits per heavy atom. The number of aliphatic imine (C=N–C) groups is 2. The Morgan fingerprint density at radius 2 is 1.16 bits per heavy atom. The highest BCUT2D eigenvalue weighted by Crippen LogP contribution is 2.23. The van der Waals surface area contributed by atoms with Crippen LogP contribution >= 0.6 is 0 Å². The van der Waals surface area contributed by atoms with Gasteiger partial charge in [-0.3, -0.25) is 43.5 Å². The van der Waals surface area contributed by atoms with Crippen LogP contribution in [0.15, 0.2) is 102 Å². The molecule has 3 heterocycles. The van der Waals surface area contributed by atoms with Gasteiger partial charge in [0.25, 0.3) is 0 Å². The van der Waals surface area contributed by atoms with E-state index in [4.69, 9.17) is 22.9 Å². The van der Waals surface area contributed by atoms with Crippen LogP contribution < -0.4 is 54.8 Å². The van der Waals surface area contributed by atoms with E-state index in [0.29, 0.717) is 28.8 Å². The van der Waals surface area contributed by atoms with Crippen LogP contribution in [0.1, 0.15) is 67.8 Å². The fourth-order valence-electron chi connectivity index (χ4n) is 9.34. The molecule has 27 heteroatoms. The molecule has 0 aliphatic carbocycles. The predicted molar refractivity (Wildman–Crippen MR) is 297 cm³/mol. The minimum atomic E-state index is -1.43. The van der Waals surface area contributed by atoms with Gasteiger partial charge in [0.05, 0.1) is 6.33 Å². The van der Waals surface area contributed by atoms with E-state index in [9.17, 15) is 48.9 Å². The zero-order chi connectivity index (χ0) is 58.6. The summed E-state index contributed by atoms with van der Waals surface area (Å²) in [4.78, 5) is 131. The Kier molecular flexibility index (Phi) is 21.9. The van der Waals surface area contributed by atoms with Gasteiger partial charge in [-0.05, 0) is 85.5 Å². The fraction of sp³-hybridized carbons (Fsp3) is 0.389. The highest BCUT2D eigenvalue weighted by Gasteiger charge is 2.41. The molecule has 7 atom stereocenters. The molecule has 432 valence electrons. The molecule has 81 heavy (non-hydrogen) atoms. The van der Waals surface area contributed by atoms with Crippen LogP contribution in [0.3, 0.4) is 0 Å². The normalized spacial score (nSPS) is 15.1. The van der Waals surface area contributed by atoms with Crippen molar-refractivity contribution in [2.45, 2.75) is 113 Å². The van der Waals surface area contributed by atoms with Crippen molar-refractivity contribution in [3.8, 4) is 11.5 Å². The smallest absolute Gasteiger partial charge is 0.326 e. The number of H-pyrrole nitrogens is 2. The van der Waals surface area contributed by atoms with E-state index in [2.05, 4.69) is 56.8 Å². The number of aromatic hydroxyl groups is 2. The van der Waals surface area contributed by atoms with E-state index in [0.717, 1.165) is 10.9 Å². The second-order valence-corrected chi connectivity index (χ2v) is 19.6. The van der Waals surface area contributed by atoms with E-state index >= 15 is 4.79 Å². The molecule has 7 unspecified atom stereocenters. The molecule has 3 aromatic carbocycles. The number of carbonyl (C=O) groups excluding carboxylic acids is 7. The van der Waals surface area contributed by atoms with E-state index in [1.807, 2.05) is 18.2 Å². The second kappa shape index (κ2) is 29.3. The van der Waals surface area contributed by atoms with Crippen molar-refractivity contribution in [1.29, 1.82) is 0 Å². The lowest BCUT2D eigenvalue weighted by Crippen LogP contribution is -2.60. The van der Waals surface area contributed by atoms with E-state index in [1.165, 1.54) is 60.7 Å². The summed E-state index contributed by atoms with van der Waals surface area (Å²) in [6.45, 7) is 1.52. The molecule has 5 aromatic rings. The average Bonchev–Trinajstić information content (AvgIpc) is 4.46. The monoisotopic (exact) mass is 1120 g/mol. The zero-order valence-corrected chi connectivity index (χ0v) is 44.6. The maximum Gasteiger partial charge on any atom is 0.326 e. The number of imidazole rings is 1. The number of phenols is 2. The van der Waals surface area contributed by atoms with Crippen molar-refractivity contribution in [2.75, 3.05) is 19.6 Å². The van der Waals surface area contributed by atoms with Gasteiger partial charge in [0.2, 0.25) is 41.4 Å². The van der Waals surface area contributed by atoms with Gasteiger partial charge < -0.3 is 85.0 Å². The second-order valence-electron chi connectivity index (χ2n) is 19.6. The number of hydrogen-bond donors (Lipinski definition) is 15. The van der Waals surface area contributed by atoms with Gasteiger partial charge in [-0.25, -0.2) is 9.78 Å². The van der Waals surface area contributed by atoms with Crippen LogP contribution in [-0.4, -0.2) is 156 Å². The lowest BCUT2D eigenvalue weighted by Gasteiger charge is -2.31. The third kappa shape index (κ3) is 18.5. The minimum Gasteiger partial charge on any atom is -0.508 e. The first-order valence-electron chi connectivity index (χ1n) is 26.3. The molecule has 7 amide bonds. The topological polar surface area (TPSA) is 446 Å². The number of nitrogens with one attached hydrogen (secondary N) is 8. The van der Waals surface area contributed by atoms with Gasteiger partial charge in [-0.2, -0.15) is 0 Å². The standard InChI is InChI=1S/C54H70N16O11/c1-30(71)64-39(9-4-20-60-53(55)56)46(74)67-43(26-34-28-59-29-63-34)49(77)69-44(24-32-14-18-36(73)19-15-32)51(79)70-22-6-11-45(70)50(78)68-41(23-31-12-16-35(72)17-13-31)47(75)66-42(25-33-27-62-38-8-3-2-7-37(33)38)48(76)65-40(52(80)81)10-5-21-61-54(57)58/h2-3,7-8,12-19,27-29,39-45,62,72-73H,4-6,9-11,20-26H2,1H3,(H,59,63)(H,64,71)(H,65,76)(H,66,75)(H,67,74)(H,68,78)(H,69,77)(H,80,81)(H4,55,56,60)(H4,57,58,61). The van der Waals surface area contributed by atoms with Crippen LogP contribution in [0.2, 0.25) is 0 Å². The highest BCUT2D eigenvalue weighted by atomic mass is 16.4. The largest absolute Gasteiger partial charge is 0.508 e. The van der Waals surface area contributed by atoms with Crippen LogP contribution in [-0.2, 0) is 64.0 Å². The molecule has 6 rings (SSSR count). The Morgan fingerprint density at radius 1 is 0.642 bits per heavy atom. The van der Waals surface area contributed by atoms with Crippen molar-refractivity contribution in [1.82, 2.24) is 51.8 Å². The number of carboxylic acid groups (broad SMARTS) is 1. The molecule has 1 saturated heterocycles. The third-order valence-electron chi connectivity index (χ3n) is 13.4. The first-order valence-corrected chi connectivity index (χ1v) is 26.3. The zero-order valence-electron chi connectivity index (χ0n) is 44.6. The number of carbonyl (C=O) groups is 8. The van der Waals surface area contributed by atoms with Crippen molar-refractivity contribution >= 4 is 70.1 Å². The number of fused-ring (bicyclic) bond motifs is 1. The van der Waals surface area contributed by atoms with Crippen LogP contribution in [0.4, 0.5) is 0 Å². The summed E-state index contributed by atoms with van der Waals surface area (Å²) in [6, 6.07) is 9.71. The minimum absolute atomic E-state index is 0.0455. The van der Waals surface area contributed by atoms with Crippen LogP contribution in [0.5, 0.6) is 11.5 Å². The van der Waals surface area contributed by atoms with E-state index in [1.54, 1.807) is 24.4 Å². The molecular weight excluding hydrogens is 1050 g/mol. The quantitative estimate of drug-likeness (QED) is 0.0150. The Balaban J connectivity index is 1.27. The molecule has 2 aromatic heterocycles. The maximum atomic E-state index is 15.0. The fourth-order valence-corrected chi connectivity index (χ4v) is 9.34. The van der Waals surface area contributed by atoms with E-state index < -0.39 is 89.6 Å². The molecule has 1 aliphatic rings. The molecule has 0 bridgehead atoms. The highest BCUT2D eigenvalue weighted by molar-refractivity contribution is 5.98. The van der Waals surface area contributed by atoms with Gasteiger partial charge >= 0.3 is 5.97 Å². The van der Waals surface area contributed by atoms with Crippen molar-refractivity contribution < 1.29 is 53.7 Å². The number of nitrogens with zero attached hydrogens (tertiary/aromatic N) is 4. The van der Waals surface area contributed by atoms with Gasteiger partial charge in [-0.15, -0.1) is 0 Å². The van der Waals surface area contributed by atoms with Crippen molar-refractivity contribution in [3.63, 3.8) is 0 Å². The molecule has 0 spiro atoms. The number of likely N-dealkylation sites (tertiary alicyclic amines) is 1. The number of aromatic nitrogens is 3. The molecule has 27 nitrogen and oxygen atoms in total. The summed E-state index contributed by atoms with van der Waals surface area (Å²) >= 11 is 0. The number of nitrogens with two attached hydrogens (primary N) is 4. The number of phenolic OH excluding ortho intramolecular Hbond substituents is 2. The Hall–Kier alpha value is -9.69.